The molecular formula is C16H32N2O3. The Bertz CT molecular complexity index is 359. The third-order valence-electron chi connectivity index (χ3n) is 4.03. The first-order chi connectivity index (χ1) is 9.27. The Morgan fingerprint density at radius 1 is 1.14 bits per heavy atom. The van der Waals surface area contributed by atoms with Crippen molar-refractivity contribution >= 4 is 12.2 Å². The summed E-state index contributed by atoms with van der Waals surface area (Å²) in [6.07, 6.45) is 1.81. The van der Waals surface area contributed by atoms with Crippen LogP contribution in [0.4, 0.5) is 0 Å². The predicted octanol–water partition coefficient (Wildman–Crippen LogP) is 2.02. The second-order valence-corrected chi connectivity index (χ2v) is 6.70. The van der Waals surface area contributed by atoms with Crippen LogP contribution in [0.25, 0.3) is 0 Å². The second kappa shape index (κ2) is 8.29. The SMILES string of the molecule is C=CC(=O)NC(C)(C)C=O.COC(C)(C)C(C)(C)N(C)C. The molecule has 0 saturated heterocycles. The fourth-order valence-corrected chi connectivity index (χ4v) is 1.19. The number of carbonyl (C=O) groups excluding carboxylic acids is 2. The highest BCUT2D eigenvalue weighted by Gasteiger charge is 2.38. The Kier molecular flexibility index (Phi) is 8.72. The molecule has 0 unspecified atom stereocenters. The van der Waals surface area contributed by atoms with E-state index in [-0.39, 0.29) is 17.0 Å². The number of nitrogens with one attached hydrogen (secondary N) is 1. The number of amides is 1. The van der Waals surface area contributed by atoms with E-state index < -0.39 is 5.54 Å². The van der Waals surface area contributed by atoms with Gasteiger partial charge in [-0.15, -0.1) is 0 Å². The van der Waals surface area contributed by atoms with Crippen molar-refractivity contribution in [3.05, 3.63) is 12.7 Å². The maximum absolute atomic E-state index is 10.6. The first-order valence-electron chi connectivity index (χ1n) is 6.91. The van der Waals surface area contributed by atoms with E-state index in [4.69, 9.17) is 4.74 Å². The largest absolute Gasteiger partial charge is 0.377 e. The van der Waals surface area contributed by atoms with Gasteiger partial charge in [-0.05, 0) is 61.7 Å². The van der Waals surface area contributed by atoms with E-state index in [1.165, 1.54) is 0 Å². The molecule has 1 N–H and O–H groups in total. The van der Waals surface area contributed by atoms with Crippen LogP contribution < -0.4 is 5.32 Å². The zero-order valence-electron chi connectivity index (χ0n) is 15.0. The number of aldehydes is 1. The van der Waals surface area contributed by atoms with Crippen LogP contribution in [0.3, 0.4) is 0 Å². The smallest absolute Gasteiger partial charge is 0.244 e. The molecule has 0 bridgehead atoms. The molecule has 0 aromatic carbocycles. The van der Waals surface area contributed by atoms with Crippen LogP contribution in [0.2, 0.25) is 0 Å². The average Bonchev–Trinajstić information content (AvgIpc) is 2.38. The number of hydrogen-bond acceptors (Lipinski definition) is 4. The number of rotatable bonds is 6. The van der Waals surface area contributed by atoms with Crippen molar-refractivity contribution in [2.24, 2.45) is 0 Å². The fraction of sp³-hybridized carbons (Fsp3) is 0.750. The molecule has 0 aliphatic heterocycles. The summed E-state index contributed by atoms with van der Waals surface area (Å²) in [5.41, 5.74) is -0.844. The van der Waals surface area contributed by atoms with Crippen LogP contribution in [-0.2, 0) is 14.3 Å². The highest BCUT2D eigenvalue weighted by atomic mass is 16.5. The Hall–Kier alpha value is -1.20. The molecule has 0 radical (unpaired) electrons. The first kappa shape index (κ1) is 22.1. The molecule has 0 rings (SSSR count). The molecule has 0 fully saturated rings. The van der Waals surface area contributed by atoms with E-state index in [9.17, 15) is 9.59 Å². The number of hydrogen-bond donors (Lipinski definition) is 1. The van der Waals surface area contributed by atoms with Crippen molar-refractivity contribution in [3.8, 4) is 0 Å². The van der Waals surface area contributed by atoms with Crippen LogP contribution in [0.15, 0.2) is 12.7 Å². The molecule has 0 aromatic rings. The van der Waals surface area contributed by atoms with Gasteiger partial charge in [0.15, 0.2) is 0 Å². The van der Waals surface area contributed by atoms with Crippen LogP contribution in [0.5, 0.6) is 0 Å². The lowest BCUT2D eigenvalue weighted by Crippen LogP contribution is -2.55. The standard InChI is InChI=1S/C9H21NO.C7H11NO2/c1-8(2,10(5)6)9(3,4)11-7;1-4-6(10)8-7(2,3)5-9/h1-7H3;4-5H,1H2,2-3H3,(H,8,10). The van der Waals surface area contributed by atoms with Gasteiger partial charge >= 0.3 is 0 Å². The molecule has 0 aliphatic rings. The van der Waals surface area contributed by atoms with Crippen LogP contribution in [0.1, 0.15) is 41.5 Å². The molecule has 5 heteroatoms. The minimum absolute atomic E-state index is 0.0573. The first-order valence-corrected chi connectivity index (χ1v) is 6.91. The molecule has 124 valence electrons. The lowest BCUT2D eigenvalue weighted by Gasteiger charge is -2.45. The van der Waals surface area contributed by atoms with E-state index in [0.717, 1.165) is 6.08 Å². The monoisotopic (exact) mass is 300 g/mol. The average molecular weight is 300 g/mol. The van der Waals surface area contributed by atoms with E-state index in [2.05, 4.69) is 58.6 Å². The van der Waals surface area contributed by atoms with E-state index >= 15 is 0 Å². The molecule has 0 aliphatic carbocycles. The summed E-state index contributed by atoms with van der Waals surface area (Å²) >= 11 is 0. The van der Waals surface area contributed by atoms with Crippen molar-refractivity contribution in [1.82, 2.24) is 10.2 Å². The van der Waals surface area contributed by atoms with Gasteiger partial charge in [-0.1, -0.05) is 6.58 Å². The van der Waals surface area contributed by atoms with Crippen LogP contribution >= 0.6 is 0 Å². The molecule has 0 atom stereocenters. The number of carbonyl (C=O) groups is 2. The molecule has 0 heterocycles. The summed E-state index contributed by atoms with van der Waals surface area (Å²) in [6, 6.07) is 0. The predicted molar refractivity (Wildman–Crippen MR) is 87.3 cm³/mol. The van der Waals surface area contributed by atoms with Crippen molar-refractivity contribution in [1.29, 1.82) is 0 Å². The summed E-state index contributed by atoms with van der Waals surface area (Å²) in [5.74, 6) is -0.336. The Morgan fingerprint density at radius 2 is 1.57 bits per heavy atom. The van der Waals surface area contributed by atoms with Gasteiger partial charge in [-0.3, -0.25) is 4.79 Å². The Balaban J connectivity index is 0. The third-order valence-corrected chi connectivity index (χ3v) is 4.03. The quantitative estimate of drug-likeness (QED) is 0.602. The minimum Gasteiger partial charge on any atom is -0.377 e. The molecule has 0 aromatic heterocycles. The van der Waals surface area contributed by atoms with Gasteiger partial charge in [0.05, 0.1) is 11.1 Å². The topological polar surface area (TPSA) is 58.6 Å². The maximum atomic E-state index is 10.6. The number of ether oxygens (including phenoxy) is 1. The number of nitrogens with zero attached hydrogens (tertiary/aromatic N) is 1. The normalized spacial score (nSPS) is 12.3. The highest BCUT2D eigenvalue weighted by Crippen LogP contribution is 2.28. The van der Waals surface area contributed by atoms with Gasteiger partial charge in [-0.25, -0.2) is 0 Å². The number of likely N-dealkylation sites (N-methyl/N-ethyl adjacent to an activating group) is 1. The van der Waals surface area contributed by atoms with E-state index in [0.29, 0.717) is 6.29 Å². The zero-order chi connectivity index (χ0) is 17.5. The molecule has 5 nitrogen and oxygen atoms in total. The van der Waals surface area contributed by atoms with Crippen molar-refractivity contribution in [3.63, 3.8) is 0 Å². The van der Waals surface area contributed by atoms with Gasteiger partial charge in [0.2, 0.25) is 5.91 Å². The lowest BCUT2D eigenvalue weighted by molar-refractivity contribution is -0.122. The summed E-state index contributed by atoms with van der Waals surface area (Å²) in [4.78, 5) is 23.0. The van der Waals surface area contributed by atoms with E-state index in [1.54, 1.807) is 21.0 Å². The van der Waals surface area contributed by atoms with Gasteiger partial charge < -0.3 is 19.7 Å². The number of methoxy groups -OCH3 is 1. The molecule has 0 saturated carbocycles. The van der Waals surface area contributed by atoms with Gasteiger partial charge in [0, 0.05) is 12.6 Å². The molecular weight excluding hydrogens is 268 g/mol. The summed E-state index contributed by atoms with van der Waals surface area (Å²) < 4.78 is 5.42. The minimum atomic E-state index is -0.786. The summed E-state index contributed by atoms with van der Waals surface area (Å²) in [5, 5.41) is 2.43. The molecule has 1 amide bonds. The Morgan fingerprint density at radius 3 is 1.76 bits per heavy atom. The van der Waals surface area contributed by atoms with Crippen LogP contribution in [0, 0.1) is 0 Å². The van der Waals surface area contributed by atoms with Crippen LogP contribution in [-0.4, -0.2) is 55.0 Å². The second-order valence-electron chi connectivity index (χ2n) is 6.70. The van der Waals surface area contributed by atoms with Crippen molar-refractivity contribution < 1.29 is 14.3 Å². The summed E-state index contributed by atoms with van der Waals surface area (Å²) in [6.45, 7) is 15.0. The zero-order valence-corrected chi connectivity index (χ0v) is 15.0. The van der Waals surface area contributed by atoms with Gasteiger partial charge in [0.25, 0.3) is 0 Å². The molecule has 0 spiro atoms. The van der Waals surface area contributed by atoms with Gasteiger partial charge in [-0.2, -0.15) is 0 Å². The maximum Gasteiger partial charge on any atom is 0.244 e. The summed E-state index contributed by atoms with van der Waals surface area (Å²) in [7, 11) is 5.90. The third kappa shape index (κ3) is 7.39. The molecule has 21 heavy (non-hydrogen) atoms. The van der Waals surface area contributed by atoms with Crippen molar-refractivity contribution in [2.75, 3.05) is 21.2 Å². The highest BCUT2D eigenvalue weighted by molar-refractivity contribution is 5.89. The van der Waals surface area contributed by atoms with Gasteiger partial charge in [0.1, 0.15) is 6.29 Å². The van der Waals surface area contributed by atoms with E-state index in [1.807, 2.05) is 0 Å². The lowest BCUT2D eigenvalue weighted by atomic mass is 9.85. The Labute approximate surface area is 129 Å². The van der Waals surface area contributed by atoms with Crippen molar-refractivity contribution in [2.45, 2.75) is 58.2 Å². The fourth-order valence-electron chi connectivity index (χ4n) is 1.19.